The first kappa shape index (κ1) is 21.0. The first-order valence-electron chi connectivity index (χ1n) is 11.3. The number of amides is 2. The third-order valence-electron chi connectivity index (χ3n) is 7.33. The van der Waals surface area contributed by atoms with E-state index < -0.39 is 52.7 Å². The second-order valence-corrected chi connectivity index (χ2v) is 9.08. The molecule has 1 spiro atoms. The van der Waals surface area contributed by atoms with Gasteiger partial charge in [-0.1, -0.05) is 36.4 Å². The summed E-state index contributed by atoms with van der Waals surface area (Å²) in [4.78, 5) is 56.2. The fourth-order valence-corrected chi connectivity index (χ4v) is 5.75. The normalized spacial score (nSPS) is 25.1. The minimum absolute atomic E-state index is 0.0107. The van der Waals surface area contributed by atoms with Crippen molar-refractivity contribution < 1.29 is 37.8 Å². The van der Waals surface area contributed by atoms with Gasteiger partial charge in [-0.15, -0.1) is 0 Å². The summed E-state index contributed by atoms with van der Waals surface area (Å²) in [6.45, 7) is 0.0107. The van der Waals surface area contributed by atoms with Gasteiger partial charge in [0.1, 0.15) is 5.82 Å². The number of benzene rings is 3. The van der Waals surface area contributed by atoms with E-state index >= 15 is 0 Å². The van der Waals surface area contributed by atoms with Crippen molar-refractivity contribution in [1.29, 1.82) is 0 Å². The minimum Gasteiger partial charge on any atom is -0.454 e. The van der Waals surface area contributed by atoms with E-state index in [-0.39, 0.29) is 23.6 Å². The van der Waals surface area contributed by atoms with Crippen LogP contribution < -0.4 is 14.4 Å². The molecule has 4 aliphatic rings. The number of halogens is 1. The molecule has 36 heavy (non-hydrogen) atoms. The molecule has 2 saturated heterocycles. The summed E-state index contributed by atoms with van der Waals surface area (Å²) in [7, 11) is 0. The molecule has 3 aliphatic heterocycles. The van der Waals surface area contributed by atoms with Crippen molar-refractivity contribution in [2.75, 3.05) is 11.7 Å². The molecule has 0 saturated carbocycles. The first-order chi connectivity index (χ1) is 17.4. The highest BCUT2D eigenvalue weighted by Gasteiger charge is 2.74. The molecule has 1 aliphatic carbocycles. The first-order valence-corrected chi connectivity index (χ1v) is 11.3. The second kappa shape index (κ2) is 7.08. The minimum atomic E-state index is -2.19. The van der Waals surface area contributed by atoms with Crippen molar-refractivity contribution in [3.63, 3.8) is 0 Å². The molecule has 2 amide bonds. The van der Waals surface area contributed by atoms with Gasteiger partial charge in [-0.2, -0.15) is 0 Å². The summed E-state index contributed by atoms with van der Waals surface area (Å²) in [5, 5.41) is 0. The number of ketones is 2. The zero-order valence-corrected chi connectivity index (χ0v) is 18.5. The Morgan fingerprint density at radius 1 is 0.806 bits per heavy atom. The van der Waals surface area contributed by atoms with Crippen molar-refractivity contribution >= 4 is 29.1 Å². The quantitative estimate of drug-likeness (QED) is 0.406. The number of ether oxygens (including phenoxy) is 3. The van der Waals surface area contributed by atoms with E-state index in [0.717, 1.165) is 4.90 Å². The number of fused-ring (bicyclic) bond motifs is 4. The van der Waals surface area contributed by atoms with Gasteiger partial charge in [0.25, 0.3) is 0 Å². The molecule has 0 N–H and O–H groups in total. The zero-order valence-electron chi connectivity index (χ0n) is 18.5. The van der Waals surface area contributed by atoms with E-state index in [1.165, 1.54) is 48.5 Å². The summed E-state index contributed by atoms with van der Waals surface area (Å²) in [5.41, 5.74) is -1.29. The number of carbonyl (C=O) groups is 4. The van der Waals surface area contributed by atoms with Gasteiger partial charge in [0.15, 0.2) is 11.5 Å². The fraction of sp³-hybridized carbons (Fsp3) is 0.185. The number of hydrogen-bond acceptors (Lipinski definition) is 7. The molecule has 7 rings (SSSR count). The van der Waals surface area contributed by atoms with Gasteiger partial charge in [0.05, 0.1) is 23.6 Å². The molecule has 8 nitrogen and oxygen atoms in total. The molecule has 0 bridgehead atoms. The van der Waals surface area contributed by atoms with Crippen LogP contribution in [0.15, 0.2) is 66.7 Å². The van der Waals surface area contributed by atoms with Gasteiger partial charge in [-0.25, -0.2) is 9.29 Å². The SMILES string of the molecule is O=C1[C@@H]2[C@H](c3ccc(F)cc3)OC3(C(=O)c4ccccc4C3=O)[C@H]2C(=O)N1c1ccc2c(c1)OCO2. The van der Waals surface area contributed by atoms with Crippen LogP contribution in [0.5, 0.6) is 11.5 Å². The van der Waals surface area contributed by atoms with Crippen LogP contribution in [0, 0.1) is 17.7 Å². The Morgan fingerprint density at radius 3 is 2.17 bits per heavy atom. The average Bonchev–Trinajstić information content (AvgIpc) is 3.61. The molecule has 9 heteroatoms. The van der Waals surface area contributed by atoms with Crippen LogP contribution in [0.3, 0.4) is 0 Å². The van der Waals surface area contributed by atoms with Gasteiger partial charge in [-0.3, -0.25) is 19.2 Å². The zero-order chi connectivity index (χ0) is 24.8. The van der Waals surface area contributed by atoms with Gasteiger partial charge < -0.3 is 14.2 Å². The molecule has 3 aromatic carbocycles. The summed E-state index contributed by atoms with van der Waals surface area (Å²) in [5.74, 6) is -4.87. The van der Waals surface area contributed by atoms with Crippen molar-refractivity contribution in [3.05, 3.63) is 89.2 Å². The maximum atomic E-state index is 13.9. The molecule has 3 aromatic rings. The Bertz CT molecular complexity index is 1480. The van der Waals surface area contributed by atoms with Gasteiger partial charge in [-0.05, 0) is 29.8 Å². The Labute approximate surface area is 203 Å². The molecule has 0 unspecified atom stereocenters. The Hall–Kier alpha value is -4.37. The summed E-state index contributed by atoms with van der Waals surface area (Å²) in [6.07, 6.45) is -1.12. The highest BCUT2D eigenvalue weighted by Crippen LogP contribution is 2.58. The van der Waals surface area contributed by atoms with Crippen LogP contribution in [-0.2, 0) is 14.3 Å². The lowest BCUT2D eigenvalue weighted by molar-refractivity contribution is -0.127. The van der Waals surface area contributed by atoms with E-state index in [0.29, 0.717) is 17.1 Å². The Balaban J connectivity index is 1.40. The van der Waals surface area contributed by atoms with Crippen LogP contribution in [0.25, 0.3) is 0 Å². The predicted molar refractivity (Wildman–Crippen MR) is 120 cm³/mol. The number of hydrogen-bond donors (Lipinski definition) is 0. The highest BCUT2D eigenvalue weighted by molar-refractivity contribution is 6.37. The molecule has 178 valence electrons. The maximum Gasteiger partial charge on any atom is 0.241 e. The second-order valence-electron chi connectivity index (χ2n) is 9.08. The van der Waals surface area contributed by atoms with Crippen LogP contribution in [-0.4, -0.2) is 35.8 Å². The molecule has 3 heterocycles. The smallest absolute Gasteiger partial charge is 0.241 e. The van der Waals surface area contributed by atoms with Crippen LogP contribution in [0.1, 0.15) is 32.4 Å². The van der Waals surface area contributed by atoms with Gasteiger partial charge in [0, 0.05) is 17.2 Å². The lowest BCUT2D eigenvalue weighted by Gasteiger charge is -2.27. The number of rotatable bonds is 2. The van der Waals surface area contributed by atoms with Crippen LogP contribution >= 0.6 is 0 Å². The summed E-state index contributed by atoms with van der Waals surface area (Å²) < 4.78 is 30.6. The molecule has 3 atom stereocenters. The molecular weight excluding hydrogens is 469 g/mol. The number of imide groups is 1. The standard InChI is InChI=1S/C27H16FNO7/c28-14-7-5-13(6-8-14)22-20-21(27(36-22)23(30)16-3-1-2-4-17(16)24(27)31)26(33)29(25(20)32)15-9-10-18-19(11-15)35-12-34-18/h1-11,20-22H,12H2/t20-,21+,22-/m0/s1. The number of Topliss-reactive ketones (excluding diaryl/α,β-unsaturated/α-hetero) is 2. The predicted octanol–water partition coefficient (Wildman–Crippen LogP) is 3.25. The lowest BCUT2D eigenvalue weighted by Crippen LogP contribution is -2.51. The van der Waals surface area contributed by atoms with Gasteiger partial charge in [0.2, 0.25) is 35.8 Å². The lowest BCUT2D eigenvalue weighted by atomic mass is 9.77. The monoisotopic (exact) mass is 485 g/mol. The van der Waals surface area contributed by atoms with E-state index in [1.54, 1.807) is 18.2 Å². The topological polar surface area (TPSA) is 99.2 Å². The molecule has 2 fully saturated rings. The fourth-order valence-electron chi connectivity index (χ4n) is 5.75. The van der Waals surface area contributed by atoms with Crippen molar-refractivity contribution in [2.45, 2.75) is 11.7 Å². The van der Waals surface area contributed by atoms with E-state index in [2.05, 4.69) is 0 Å². The maximum absolute atomic E-state index is 13.9. The van der Waals surface area contributed by atoms with Crippen molar-refractivity contribution in [1.82, 2.24) is 0 Å². The van der Waals surface area contributed by atoms with Crippen LogP contribution in [0.4, 0.5) is 10.1 Å². The number of nitrogens with zero attached hydrogens (tertiary/aromatic N) is 1. The molecule has 0 radical (unpaired) electrons. The number of anilines is 1. The Kier molecular flexibility index (Phi) is 4.12. The highest BCUT2D eigenvalue weighted by atomic mass is 19.1. The van der Waals surface area contributed by atoms with E-state index in [1.807, 2.05) is 0 Å². The summed E-state index contributed by atoms with van der Waals surface area (Å²) in [6, 6.07) is 16.1. The van der Waals surface area contributed by atoms with E-state index in [9.17, 15) is 23.6 Å². The third kappa shape index (κ3) is 2.50. The van der Waals surface area contributed by atoms with Crippen LogP contribution in [0.2, 0.25) is 0 Å². The van der Waals surface area contributed by atoms with Crippen molar-refractivity contribution in [2.24, 2.45) is 11.8 Å². The molecular formula is C27H16FNO7. The average molecular weight is 485 g/mol. The third-order valence-corrected chi connectivity index (χ3v) is 7.33. The van der Waals surface area contributed by atoms with Crippen molar-refractivity contribution in [3.8, 4) is 11.5 Å². The van der Waals surface area contributed by atoms with Gasteiger partial charge >= 0.3 is 0 Å². The largest absolute Gasteiger partial charge is 0.454 e. The Morgan fingerprint density at radius 2 is 1.47 bits per heavy atom. The molecule has 0 aromatic heterocycles. The summed E-state index contributed by atoms with van der Waals surface area (Å²) >= 11 is 0. The van der Waals surface area contributed by atoms with E-state index in [4.69, 9.17) is 14.2 Å². The number of carbonyl (C=O) groups excluding carboxylic acids is 4.